The van der Waals surface area contributed by atoms with Gasteiger partial charge in [-0.1, -0.05) is 6.07 Å². The molecular formula is C18H21F2N3O2. The predicted octanol–water partition coefficient (Wildman–Crippen LogP) is 2.21. The Labute approximate surface area is 144 Å². The maximum Gasteiger partial charge on any atom is 0.227 e. The monoisotopic (exact) mass is 349 g/mol. The van der Waals surface area contributed by atoms with E-state index in [1.165, 1.54) is 6.07 Å². The molecule has 134 valence electrons. The summed E-state index contributed by atoms with van der Waals surface area (Å²) in [6, 6.07) is 3.50. The molecule has 3 rings (SSSR count). The third kappa shape index (κ3) is 3.87. The lowest BCUT2D eigenvalue weighted by atomic mass is 9.91. The molecule has 0 spiro atoms. The Morgan fingerprint density at radius 2 is 2.20 bits per heavy atom. The highest BCUT2D eigenvalue weighted by atomic mass is 19.2. The number of rotatable bonds is 4. The topological polar surface area (TPSA) is 58.4 Å². The number of nitrogens with zero attached hydrogens (tertiary/aromatic N) is 3. The third-order valence-corrected chi connectivity index (χ3v) is 4.72. The minimum Gasteiger partial charge on any atom is -0.385 e. The first kappa shape index (κ1) is 17.5. The smallest absolute Gasteiger partial charge is 0.227 e. The van der Waals surface area contributed by atoms with Gasteiger partial charge >= 0.3 is 0 Å². The van der Waals surface area contributed by atoms with Crippen LogP contribution in [0.2, 0.25) is 0 Å². The van der Waals surface area contributed by atoms with Gasteiger partial charge in [0.05, 0.1) is 6.42 Å². The number of likely N-dealkylation sites (tertiary alicyclic amines) is 1. The fourth-order valence-electron chi connectivity index (χ4n) is 3.30. The Bertz CT molecular complexity index is 763. The molecule has 0 saturated carbocycles. The first-order valence-electron chi connectivity index (χ1n) is 8.32. The molecule has 0 bridgehead atoms. The van der Waals surface area contributed by atoms with Gasteiger partial charge in [0, 0.05) is 38.4 Å². The molecule has 2 aromatic rings. The zero-order valence-electron chi connectivity index (χ0n) is 14.0. The maximum absolute atomic E-state index is 13.3. The molecule has 5 nitrogen and oxygen atoms in total. The summed E-state index contributed by atoms with van der Waals surface area (Å²) in [5.41, 5.74) is 0.440. The molecule has 1 amide bonds. The zero-order valence-corrected chi connectivity index (χ0v) is 14.0. The second-order valence-corrected chi connectivity index (χ2v) is 6.51. The van der Waals surface area contributed by atoms with Crippen LogP contribution in [0.3, 0.4) is 0 Å². The van der Waals surface area contributed by atoms with Crippen molar-refractivity contribution in [2.45, 2.75) is 25.4 Å². The number of aliphatic hydroxyl groups excluding tert-OH is 1. The summed E-state index contributed by atoms with van der Waals surface area (Å²) in [5, 5.41) is 10.6. The van der Waals surface area contributed by atoms with Crippen molar-refractivity contribution in [1.82, 2.24) is 14.5 Å². The van der Waals surface area contributed by atoms with Crippen molar-refractivity contribution >= 4 is 5.91 Å². The van der Waals surface area contributed by atoms with Crippen molar-refractivity contribution in [3.8, 4) is 0 Å². The second-order valence-electron chi connectivity index (χ2n) is 6.51. The van der Waals surface area contributed by atoms with E-state index in [1.807, 2.05) is 7.05 Å². The average molecular weight is 349 g/mol. The molecular weight excluding hydrogens is 328 g/mol. The standard InChI is InChI=1S/C18H21F2N3O2/c1-22-8-6-21-18(22)17(25)13-3-2-7-23(11-13)16(24)10-12-4-5-14(19)15(20)9-12/h4-6,8-9,13,17,25H,2-3,7,10-11H2,1H3. The van der Waals surface area contributed by atoms with Crippen LogP contribution in [0.1, 0.15) is 30.3 Å². The molecule has 7 heteroatoms. The molecule has 0 aliphatic carbocycles. The molecule has 0 radical (unpaired) electrons. The number of carbonyl (C=O) groups is 1. The van der Waals surface area contributed by atoms with E-state index in [0.717, 1.165) is 25.0 Å². The number of hydrogen-bond acceptors (Lipinski definition) is 3. The van der Waals surface area contributed by atoms with Crippen LogP contribution in [-0.4, -0.2) is 38.6 Å². The third-order valence-electron chi connectivity index (χ3n) is 4.72. The predicted molar refractivity (Wildman–Crippen MR) is 87.5 cm³/mol. The lowest BCUT2D eigenvalue weighted by molar-refractivity contribution is -0.133. The zero-order chi connectivity index (χ0) is 18.0. The lowest BCUT2D eigenvalue weighted by Crippen LogP contribution is -2.42. The van der Waals surface area contributed by atoms with Gasteiger partial charge in [-0.05, 0) is 30.5 Å². The van der Waals surface area contributed by atoms with E-state index in [0.29, 0.717) is 24.5 Å². The van der Waals surface area contributed by atoms with Crippen LogP contribution < -0.4 is 0 Å². The molecule has 1 aromatic heterocycles. The highest BCUT2D eigenvalue weighted by Gasteiger charge is 2.31. The van der Waals surface area contributed by atoms with Crippen LogP contribution in [0.4, 0.5) is 8.78 Å². The van der Waals surface area contributed by atoms with Crippen LogP contribution in [0, 0.1) is 17.6 Å². The number of hydrogen-bond donors (Lipinski definition) is 1. The summed E-state index contributed by atoms with van der Waals surface area (Å²) >= 11 is 0. The van der Waals surface area contributed by atoms with Crippen molar-refractivity contribution in [3.63, 3.8) is 0 Å². The van der Waals surface area contributed by atoms with Gasteiger partial charge in [0.2, 0.25) is 5.91 Å². The van der Waals surface area contributed by atoms with Gasteiger partial charge in [0.15, 0.2) is 11.6 Å². The molecule has 2 atom stereocenters. The van der Waals surface area contributed by atoms with E-state index in [1.54, 1.807) is 21.9 Å². The Balaban J connectivity index is 1.65. The molecule has 25 heavy (non-hydrogen) atoms. The number of amides is 1. The highest BCUT2D eigenvalue weighted by molar-refractivity contribution is 5.78. The number of aromatic nitrogens is 2. The molecule has 1 saturated heterocycles. The first-order valence-corrected chi connectivity index (χ1v) is 8.32. The van der Waals surface area contributed by atoms with E-state index < -0.39 is 17.7 Å². The summed E-state index contributed by atoms with van der Waals surface area (Å²) in [5.74, 6) is -1.54. The Hall–Kier alpha value is -2.28. The molecule has 1 aromatic carbocycles. The molecule has 1 fully saturated rings. The van der Waals surface area contributed by atoms with Gasteiger partial charge in [-0.15, -0.1) is 0 Å². The number of carbonyl (C=O) groups excluding carboxylic acids is 1. The van der Waals surface area contributed by atoms with Gasteiger partial charge in [-0.3, -0.25) is 4.79 Å². The summed E-state index contributed by atoms with van der Waals surface area (Å²) in [7, 11) is 1.82. The van der Waals surface area contributed by atoms with Gasteiger partial charge in [-0.25, -0.2) is 13.8 Å². The summed E-state index contributed by atoms with van der Waals surface area (Å²) in [4.78, 5) is 18.4. The lowest BCUT2D eigenvalue weighted by Gasteiger charge is -2.35. The number of aliphatic hydroxyl groups is 1. The summed E-state index contributed by atoms with van der Waals surface area (Å²) in [6.07, 6.45) is 4.28. The van der Waals surface area contributed by atoms with Crippen LogP contribution in [0.15, 0.2) is 30.6 Å². The summed E-state index contributed by atoms with van der Waals surface area (Å²) < 4.78 is 28.1. The van der Waals surface area contributed by atoms with E-state index in [-0.39, 0.29) is 18.2 Å². The van der Waals surface area contributed by atoms with Gasteiger partial charge < -0.3 is 14.6 Å². The van der Waals surface area contributed by atoms with Crippen LogP contribution in [0.5, 0.6) is 0 Å². The quantitative estimate of drug-likeness (QED) is 0.921. The largest absolute Gasteiger partial charge is 0.385 e. The van der Waals surface area contributed by atoms with Crippen molar-refractivity contribution < 1.29 is 18.7 Å². The number of benzene rings is 1. The molecule has 2 heterocycles. The van der Waals surface area contributed by atoms with E-state index in [4.69, 9.17) is 0 Å². The van der Waals surface area contributed by atoms with Crippen molar-refractivity contribution in [3.05, 3.63) is 53.6 Å². The number of aryl methyl sites for hydroxylation is 1. The minimum atomic E-state index is -0.952. The van der Waals surface area contributed by atoms with E-state index in [9.17, 15) is 18.7 Å². The normalized spacial score (nSPS) is 19.0. The van der Waals surface area contributed by atoms with Gasteiger partial charge in [0.25, 0.3) is 0 Å². The van der Waals surface area contributed by atoms with Crippen molar-refractivity contribution in [1.29, 1.82) is 0 Å². The van der Waals surface area contributed by atoms with Crippen LogP contribution in [0.25, 0.3) is 0 Å². The van der Waals surface area contributed by atoms with Gasteiger partial charge in [0.1, 0.15) is 11.9 Å². The Morgan fingerprint density at radius 3 is 2.88 bits per heavy atom. The Morgan fingerprint density at radius 1 is 1.40 bits per heavy atom. The molecule has 1 aliphatic heterocycles. The average Bonchev–Trinajstić information content (AvgIpc) is 3.03. The summed E-state index contributed by atoms with van der Waals surface area (Å²) in [6.45, 7) is 1.03. The van der Waals surface area contributed by atoms with Gasteiger partial charge in [-0.2, -0.15) is 0 Å². The molecule has 1 N–H and O–H groups in total. The Kier molecular flexibility index (Phi) is 5.13. The number of halogens is 2. The van der Waals surface area contributed by atoms with Crippen molar-refractivity contribution in [2.24, 2.45) is 13.0 Å². The fourth-order valence-corrected chi connectivity index (χ4v) is 3.30. The van der Waals surface area contributed by atoms with Crippen LogP contribution >= 0.6 is 0 Å². The van der Waals surface area contributed by atoms with E-state index in [2.05, 4.69) is 4.98 Å². The van der Waals surface area contributed by atoms with Crippen molar-refractivity contribution in [2.75, 3.05) is 13.1 Å². The minimum absolute atomic E-state index is 0.0163. The fraction of sp³-hybridized carbons (Fsp3) is 0.444. The molecule has 2 unspecified atom stereocenters. The maximum atomic E-state index is 13.3. The number of piperidine rings is 1. The van der Waals surface area contributed by atoms with Crippen LogP contribution in [-0.2, 0) is 18.3 Å². The number of imidazole rings is 1. The molecule has 1 aliphatic rings. The SMILES string of the molecule is Cn1ccnc1C(O)C1CCCN(C(=O)Cc2ccc(F)c(F)c2)C1. The highest BCUT2D eigenvalue weighted by Crippen LogP contribution is 2.29. The first-order chi connectivity index (χ1) is 12.0. The van der Waals surface area contributed by atoms with E-state index >= 15 is 0 Å². The second kappa shape index (κ2) is 7.31.